The molecule has 3 rings (SSSR count). The van der Waals surface area contributed by atoms with Crippen molar-refractivity contribution in [2.24, 2.45) is 0 Å². The van der Waals surface area contributed by atoms with Gasteiger partial charge in [0.25, 0.3) is 0 Å². The van der Waals surface area contributed by atoms with E-state index in [1.54, 1.807) is 35.3 Å². The minimum Gasteiger partial charge on any atom is -0.461 e. The van der Waals surface area contributed by atoms with E-state index in [1.807, 2.05) is 104 Å². The molecule has 0 aliphatic rings. The van der Waals surface area contributed by atoms with E-state index in [2.05, 4.69) is 15.9 Å². The lowest BCUT2D eigenvalue weighted by Gasteiger charge is -2.30. The van der Waals surface area contributed by atoms with Crippen LogP contribution in [0.2, 0.25) is 0 Å². The molecule has 0 aliphatic carbocycles. The molecule has 0 radical (unpaired) electrons. The lowest BCUT2D eigenvalue weighted by molar-refractivity contribution is -0.147. The predicted molar refractivity (Wildman–Crippen MR) is 148 cm³/mol. The zero-order valence-electron chi connectivity index (χ0n) is 19.8. The van der Waals surface area contributed by atoms with E-state index < -0.39 is 16.9 Å². The summed E-state index contributed by atoms with van der Waals surface area (Å²) in [4.78, 5) is 28.4. The van der Waals surface area contributed by atoms with Crippen LogP contribution >= 0.6 is 39.5 Å². The fourth-order valence-electron chi connectivity index (χ4n) is 3.32. The van der Waals surface area contributed by atoms with Crippen LogP contribution in [0.5, 0.6) is 0 Å². The van der Waals surface area contributed by atoms with Crippen LogP contribution in [0.25, 0.3) is 0 Å². The number of carbonyl (C=O) groups excluding carboxylic acids is 2. The molecule has 3 aromatic rings. The SMILES string of the molecule is CC(=O)O[C@@H](C)[C@@H](Br)C(=O)N(C=C(Sc1ccccc1)Sc1ccccc1)[C@@H](C)c1ccccc1. The number of rotatable bonds is 10. The lowest BCUT2D eigenvalue weighted by atomic mass is 10.1. The number of nitrogens with zero attached hydrogens (tertiary/aromatic N) is 1. The van der Waals surface area contributed by atoms with Gasteiger partial charge in [-0.05, 0) is 43.7 Å². The summed E-state index contributed by atoms with van der Waals surface area (Å²) in [5, 5.41) is 0. The normalized spacial score (nSPS) is 13.3. The number of alkyl halides is 1. The summed E-state index contributed by atoms with van der Waals surface area (Å²) in [5.74, 6) is -0.608. The van der Waals surface area contributed by atoms with Gasteiger partial charge >= 0.3 is 5.97 Å². The fraction of sp³-hybridized carbons (Fsp3) is 0.214. The summed E-state index contributed by atoms with van der Waals surface area (Å²) >= 11 is 6.70. The number of ether oxygens (including phenoxy) is 1. The highest BCUT2D eigenvalue weighted by Gasteiger charge is 2.31. The zero-order valence-corrected chi connectivity index (χ0v) is 23.1. The molecule has 0 saturated heterocycles. The quantitative estimate of drug-likeness (QED) is 0.142. The molecule has 0 aromatic heterocycles. The first-order valence-corrected chi connectivity index (χ1v) is 13.8. The zero-order chi connectivity index (χ0) is 25.2. The number of thioether (sulfide) groups is 2. The van der Waals surface area contributed by atoms with Gasteiger partial charge in [-0.1, -0.05) is 106 Å². The third-order valence-corrected chi connectivity index (χ3v) is 8.39. The van der Waals surface area contributed by atoms with Crippen molar-refractivity contribution in [1.29, 1.82) is 0 Å². The number of carbonyl (C=O) groups is 2. The molecule has 35 heavy (non-hydrogen) atoms. The van der Waals surface area contributed by atoms with Crippen LogP contribution < -0.4 is 0 Å². The highest BCUT2D eigenvalue weighted by molar-refractivity contribution is 9.10. The van der Waals surface area contributed by atoms with Crippen molar-refractivity contribution in [3.05, 3.63) is 107 Å². The minimum atomic E-state index is -0.696. The molecule has 7 heteroatoms. The Hall–Kier alpha value is -2.48. The average molecular weight is 571 g/mol. The molecular weight excluding hydrogens is 542 g/mol. The molecule has 0 aliphatic heterocycles. The molecule has 3 atom stereocenters. The molecule has 4 nitrogen and oxygen atoms in total. The van der Waals surface area contributed by atoms with Crippen LogP contribution in [0.4, 0.5) is 0 Å². The molecule has 0 saturated carbocycles. The average Bonchev–Trinajstić information content (AvgIpc) is 2.87. The molecule has 0 bridgehead atoms. The molecule has 0 unspecified atom stereocenters. The van der Waals surface area contributed by atoms with E-state index in [4.69, 9.17) is 4.74 Å². The van der Waals surface area contributed by atoms with Gasteiger partial charge in [-0.15, -0.1) is 0 Å². The second-order valence-corrected chi connectivity index (χ2v) is 11.3. The highest BCUT2D eigenvalue weighted by atomic mass is 79.9. The number of hydrogen-bond donors (Lipinski definition) is 0. The summed E-state index contributed by atoms with van der Waals surface area (Å²) in [6.07, 6.45) is 1.29. The summed E-state index contributed by atoms with van der Waals surface area (Å²) in [7, 11) is 0. The summed E-state index contributed by atoms with van der Waals surface area (Å²) in [5.41, 5.74) is 1.01. The molecule has 0 spiro atoms. The molecule has 0 N–H and O–H groups in total. The molecule has 0 fully saturated rings. The number of hydrogen-bond acceptors (Lipinski definition) is 5. The van der Waals surface area contributed by atoms with Crippen molar-refractivity contribution < 1.29 is 14.3 Å². The molecule has 0 heterocycles. The van der Waals surface area contributed by atoms with Gasteiger partial charge in [-0.3, -0.25) is 9.59 Å². The number of halogens is 1. The first kappa shape index (κ1) is 27.1. The number of amides is 1. The van der Waals surface area contributed by atoms with Crippen LogP contribution in [0.3, 0.4) is 0 Å². The van der Waals surface area contributed by atoms with Gasteiger partial charge in [0, 0.05) is 22.9 Å². The number of benzene rings is 3. The Morgan fingerprint density at radius 1 is 0.829 bits per heavy atom. The Labute approximate surface area is 224 Å². The summed E-state index contributed by atoms with van der Waals surface area (Å²) in [6, 6.07) is 29.8. The van der Waals surface area contributed by atoms with Crippen molar-refractivity contribution in [3.8, 4) is 0 Å². The second kappa shape index (κ2) is 13.6. The van der Waals surface area contributed by atoms with Crippen LogP contribution in [-0.4, -0.2) is 27.7 Å². The van der Waals surface area contributed by atoms with Gasteiger partial charge in [-0.2, -0.15) is 0 Å². The molecule has 1 amide bonds. The minimum absolute atomic E-state index is 0.185. The van der Waals surface area contributed by atoms with Gasteiger partial charge in [0.1, 0.15) is 10.9 Å². The van der Waals surface area contributed by atoms with Crippen molar-refractivity contribution in [3.63, 3.8) is 0 Å². The van der Waals surface area contributed by atoms with E-state index in [-0.39, 0.29) is 11.9 Å². The molecule has 182 valence electrons. The highest BCUT2D eigenvalue weighted by Crippen LogP contribution is 2.40. The maximum absolute atomic E-state index is 13.7. The van der Waals surface area contributed by atoms with E-state index >= 15 is 0 Å². The summed E-state index contributed by atoms with van der Waals surface area (Å²) < 4.78 is 6.24. The Morgan fingerprint density at radius 3 is 1.74 bits per heavy atom. The van der Waals surface area contributed by atoms with E-state index in [9.17, 15) is 9.59 Å². The molecule has 3 aromatic carbocycles. The largest absolute Gasteiger partial charge is 0.461 e. The maximum atomic E-state index is 13.7. The fourth-order valence-corrected chi connectivity index (χ4v) is 5.79. The standard InChI is InChI=1S/C28H28BrNO3S2/c1-20(23-13-7-4-8-14-23)30(28(32)27(29)21(2)33-22(3)31)19-26(34-24-15-9-5-10-16-24)35-25-17-11-6-12-18-25/h4-21,27H,1-3H3/t20-,21-,27+/m0/s1. The van der Waals surface area contributed by atoms with Gasteiger partial charge in [0.15, 0.2) is 0 Å². The lowest BCUT2D eigenvalue weighted by Crippen LogP contribution is -2.40. The van der Waals surface area contributed by atoms with Crippen molar-refractivity contribution in [1.82, 2.24) is 4.90 Å². The van der Waals surface area contributed by atoms with Gasteiger partial charge in [-0.25, -0.2) is 0 Å². The van der Waals surface area contributed by atoms with Crippen molar-refractivity contribution >= 4 is 51.3 Å². The monoisotopic (exact) mass is 569 g/mol. The first-order valence-electron chi connectivity index (χ1n) is 11.2. The van der Waals surface area contributed by atoms with Crippen LogP contribution in [0, 0.1) is 0 Å². The van der Waals surface area contributed by atoms with Crippen LogP contribution in [0.15, 0.2) is 111 Å². The van der Waals surface area contributed by atoms with Gasteiger partial charge in [0.2, 0.25) is 5.91 Å². The Bertz CT molecular complexity index is 1080. The van der Waals surface area contributed by atoms with Crippen LogP contribution in [0.1, 0.15) is 32.4 Å². The van der Waals surface area contributed by atoms with Crippen molar-refractivity contribution in [2.45, 2.75) is 47.5 Å². The Balaban J connectivity index is 2.01. The maximum Gasteiger partial charge on any atom is 0.302 e. The third-order valence-electron chi connectivity index (χ3n) is 5.12. The van der Waals surface area contributed by atoms with Crippen LogP contribution in [-0.2, 0) is 14.3 Å². The van der Waals surface area contributed by atoms with E-state index in [1.165, 1.54) is 6.92 Å². The Kier molecular flexibility index (Phi) is 10.5. The first-order chi connectivity index (χ1) is 16.8. The molecular formula is C28H28BrNO3S2. The van der Waals surface area contributed by atoms with E-state index in [0.29, 0.717) is 0 Å². The Morgan fingerprint density at radius 2 is 1.29 bits per heavy atom. The van der Waals surface area contributed by atoms with Crippen molar-refractivity contribution in [2.75, 3.05) is 0 Å². The summed E-state index contributed by atoms with van der Waals surface area (Å²) in [6.45, 7) is 5.06. The predicted octanol–water partition coefficient (Wildman–Crippen LogP) is 7.67. The van der Waals surface area contributed by atoms with E-state index in [0.717, 1.165) is 19.6 Å². The van der Waals surface area contributed by atoms with Gasteiger partial charge in [0.05, 0.1) is 10.3 Å². The smallest absolute Gasteiger partial charge is 0.302 e. The number of esters is 1. The third kappa shape index (κ3) is 8.30. The van der Waals surface area contributed by atoms with Gasteiger partial charge < -0.3 is 9.64 Å². The topological polar surface area (TPSA) is 46.6 Å². The second-order valence-electron chi connectivity index (χ2n) is 7.83.